The molecule has 2 atom stereocenters. The van der Waals surface area contributed by atoms with Crippen molar-refractivity contribution in [3.63, 3.8) is 0 Å². The van der Waals surface area contributed by atoms with Gasteiger partial charge in [0, 0.05) is 18.9 Å². The highest BCUT2D eigenvalue weighted by Crippen LogP contribution is 2.37. The van der Waals surface area contributed by atoms with Crippen LogP contribution in [0.25, 0.3) is 10.2 Å². The van der Waals surface area contributed by atoms with Crippen LogP contribution in [0.1, 0.15) is 37.1 Å². The van der Waals surface area contributed by atoms with E-state index in [0.29, 0.717) is 19.3 Å². The molecule has 130 valence electrons. The summed E-state index contributed by atoms with van der Waals surface area (Å²) in [7, 11) is 0. The molecule has 1 aliphatic carbocycles. The fourth-order valence-electron chi connectivity index (χ4n) is 3.17. The lowest BCUT2D eigenvalue weighted by atomic mass is 9.85. The monoisotopic (exact) mass is 356 g/mol. The normalized spacial score (nSPS) is 21.8. The minimum absolute atomic E-state index is 0.00359. The zero-order valence-corrected chi connectivity index (χ0v) is 13.9. The third-order valence-electron chi connectivity index (χ3n) is 4.41. The number of aryl methyl sites for hydroxylation is 1. The molecule has 1 aromatic heterocycles. The van der Waals surface area contributed by atoms with E-state index in [2.05, 4.69) is 10.3 Å². The molecular weight excluding hydrogens is 337 g/mol. The van der Waals surface area contributed by atoms with Gasteiger partial charge in [-0.3, -0.25) is 4.79 Å². The molecule has 7 heteroatoms. The first kappa shape index (κ1) is 17.2. The first-order valence-electron chi connectivity index (χ1n) is 8.12. The first-order valence-corrected chi connectivity index (χ1v) is 8.94. The Bertz CT molecular complexity index is 680. The maximum Gasteiger partial charge on any atom is 0.391 e. The Labute approximate surface area is 142 Å². The molecule has 3 rings (SSSR count). The number of nitrogens with zero attached hydrogens (tertiary/aromatic N) is 1. The second-order valence-electron chi connectivity index (χ2n) is 6.24. The van der Waals surface area contributed by atoms with Gasteiger partial charge in [0.1, 0.15) is 0 Å². The van der Waals surface area contributed by atoms with Crippen molar-refractivity contribution in [2.45, 2.75) is 50.7 Å². The van der Waals surface area contributed by atoms with E-state index in [-0.39, 0.29) is 31.2 Å². The molecule has 24 heavy (non-hydrogen) atoms. The second-order valence-corrected chi connectivity index (χ2v) is 7.36. The molecule has 0 radical (unpaired) electrons. The Hall–Kier alpha value is -1.63. The van der Waals surface area contributed by atoms with Gasteiger partial charge in [0.2, 0.25) is 5.91 Å². The van der Waals surface area contributed by atoms with Crippen LogP contribution in [-0.4, -0.2) is 23.1 Å². The molecule has 1 N–H and O–H groups in total. The van der Waals surface area contributed by atoms with Crippen LogP contribution in [0.5, 0.6) is 0 Å². The van der Waals surface area contributed by atoms with Crippen LogP contribution >= 0.6 is 11.3 Å². The van der Waals surface area contributed by atoms with E-state index >= 15 is 0 Å². The lowest BCUT2D eigenvalue weighted by molar-refractivity contribution is -0.184. The molecule has 1 saturated carbocycles. The Morgan fingerprint density at radius 1 is 1.29 bits per heavy atom. The molecule has 0 unspecified atom stereocenters. The summed E-state index contributed by atoms with van der Waals surface area (Å²) in [6, 6.07) is 7.40. The summed E-state index contributed by atoms with van der Waals surface area (Å²) >= 11 is 1.55. The van der Waals surface area contributed by atoms with Crippen LogP contribution in [0, 0.1) is 5.92 Å². The van der Waals surface area contributed by atoms with Gasteiger partial charge in [0.25, 0.3) is 0 Å². The molecule has 0 saturated heterocycles. The van der Waals surface area contributed by atoms with E-state index in [1.54, 1.807) is 11.3 Å². The number of thiazole rings is 1. The van der Waals surface area contributed by atoms with Gasteiger partial charge >= 0.3 is 6.18 Å². The first-order chi connectivity index (χ1) is 11.4. The number of carbonyl (C=O) groups excluding carboxylic acids is 1. The molecular formula is C17H19F3N2OS. The number of rotatable bonds is 4. The molecule has 1 amide bonds. The highest BCUT2D eigenvalue weighted by atomic mass is 32.1. The summed E-state index contributed by atoms with van der Waals surface area (Å²) in [5.74, 6) is -1.48. The number of fused-ring (bicyclic) bond motifs is 1. The molecule has 2 aromatic rings. The van der Waals surface area contributed by atoms with E-state index in [1.165, 1.54) is 0 Å². The van der Waals surface area contributed by atoms with Crippen LogP contribution in [0.2, 0.25) is 0 Å². The number of amides is 1. The highest BCUT2D eigenvalue weighted by molar-refractivity contribution is 7.18. The predicted molar refractivity (Wildman–Crippen MR) is 87.9 cm³/mol. The molecule has 0 aliphatic heterocycles. The van der Waals surface area contributed by atoms with Gasteiger partial charge < -0.3 is 5.32 Å². The van der Waals surface area contributed by atoms with Crippen molar-refractivity contribution in [2.24, 2.45) is 5.92 Å². The van der Waals surface area contributed by atoms with Crippen molar-refractivity contribution in [1.82, 2.24) is 10.3 Å². The maximum absolute atomic E-state index is 12.8. The van der Waals surface area contributed by atoms with Crippen LogP contribution in [-0.2, 0) is 11.2 Å². The largest absolute Gasteiger partial charge is 0.391 e. The van der Waals surface area contributed by atoms with E-state index in [1.807, 2.05) is 24.3 Å². The van der Waals surface area contributed by atoms with Crippen molar-refractivity contribution in [3.05, 3.63) is 29.3 Å². The van der Waals surface area contributed by atoms with Gasteiger partial charge in [0.15, 0.2) is 0 Å². The van der Waals surface area contributed by atoms with Crippen molar-refractivity contribution in [3.8, 4) is 0 Å². The fraction of sp³-hybridized carbons (Fsp3) is 0.529. The summed E-state index contributed by atoms with van der Waals surface area (Å²) in [5, 5.41) is 3.64. The van der Waals surface area contributed by atoms with Gasteiger partial charge in [-0.1, -0.05) is 18.6 Å². The quantitative estimate of drug-likeness (QED) is 0.878. The Morgan fingerprint density at radius 3 is 2.83 bits per heavy atom. The van der Waals surface area contributed by atoms with Crippen molar-refractivity contribution < 1.29 is 18.0 Å². The summed E-state index contributed by atoms with van der Waals surface area (Å²) in [6.45, 7) is 0. The van der Waals surface area contributed by atoms with Crippen LogP contribution < -0.4 is 5.32 Å². The number of benzene rings is 1. The Kier molecular flexibility index (Phi) is 5.08. The van der Waals surface area contributed by atoms with E-state index in [4.69, 9.17) is 0 Å². The zero-order valence-electron chi connectivity index (χ0n) is 13.1. The van der Waals surface area contributed by atoms with Gasteiger partial charge in [0.05, 0.1) is 21.1 Å². The minimum atomic E-state index is -4.16. The highest BCUT2D eigenvalue weighted by Gasteiger charge is 2.42. The number of nitrogens with one attached hydrogen (secondary N) is 1. The average Bonchev–Trinajstić information content (AvgIpc) is 2.95. The molecule has 1 fully saturated rings. The number of para-hydroxylation sites is 1. The fourth-order valence-corrected chi connectivity index (χ4v) is 4.13. The number of hydrogen-bond acceptors (Lipinski definition) is 3. The number of alkyl halides is 3. The van der Waals surface area contributed by atoms with Crippen LogP contribution in [0.3, 0.4) is 0 Å². The SMILES string of the molecule is O=C(CCc1nc2ccccc2s1)N[C@H]1CCC[C@@H](C(F)(F)F)C1. The smallest absolute Gasteiger partial charge is 0.353 e. The van der Waals surface area contributed by atoms with E-state index < -0.39 is 12.1 Å². The van der Waals surface area contributed by atoms with Crippen molar-refractivity contribution >= 4 is 27.5 Å². The summed E-state index contributed by atoms with van der Waals surface area (Å²) < 4.78 is 39.5. The maximum atomic E-state index is 12.8. The van der Waals surface area contributed by atoms with Gasteiger partial charge in [-0.25, -0.2) is 4.98 Å². The molecule has 0 spiro atoms. The van der Waals surface area contributed by atoms with E-state index in [9.17, 15) is 18.0 Å². The molecule has 3 nitrogen and oxygen atoms in total. The second kappa shape index (κ2) is 7.09. The number of aromatic nitrogens is 1. The average molecular weight is 356 g/mol. The van der Waals surface area contributed by atoms with Crippen molar-refractivity contribution in [1.29, 1.82) is 0 Å². The van der Waals surface area contributed by atoms with Gasteiger partial charge in [-0.2, -0.15) is 13.2 Å². The summed E-state index contributed by atoms with van der Waals surface area (Å²) in [4.78, 5) is 16.5. The Morgan fingerprint density at radius 2 is 2.08 bits per heavy atom. The van der Waals surface area contributed by atoms with Gasteiger partial charge in [-0.15, -0.1) is 11.3 Å². The number of carbonyl (C=O) groups is 1. The predicted octanol–water partition coefficient (Wildman–Crippen LogP) is 4.47. The molecule has 1 heterocycles. The lowest BCUT2D eigenvalue weighted by Gasteiger charge is -2.31. The Balaban J connectivity index is 1.50. The zero-order chi connectivity index (χ0) is 17.2. The number of halogens is 3. The number of hydrogen-bond donors (Lipinski definition) is 1. The minimum Gasteiger partial charge on any atom is -0.353 e. The summed E-state index contributed by atoms with van der Waals surface area (Å²) in [5.41, 5.74) is 0.915. The molecule has 1 aromatic carbocycles. The van der Waals surface area contributed by atoms with Crippen LogP contribution in [0.15, 0.2) is 24.3 Å². The summed E-state index contributed by atoms with van der Waals surface area (Å²) in [6.07, 6.45) is -2.09. The standard InChI is InChI=1S/C17H19F3N2OS/c18-17(19,20)11-4-3-5-12(10-11)21-15(23)8-9-16-22-13-6-1-2-7-14(13)24-16/h1-2,6-7,11-12H,3-5,8-10H2,(H,21,23)/t11-,12+/m1/s1. The van der Waals surface area contributed by atoms with Gasteiger partial charge in [-0.05, 0) is 31.4 Å². The lowest BCUT2D eigenvalue weighted by Crippen LogP contribution is -2.41. The molecule has 0 bridgehead atoms. The third kappa shape index (κ3) is 4.26. The van der Waals surface area contributed by atoms with Crippen LogP contribution in [0.4, 0.5) is 13.2 Å². The molecule has 1 aliphatic rings. The topological polar surface area (TPSA) is 42.0 Å². The van der Waals surface area contributed by atoms with E-state index in [0.717, 1.165) is 15.2 Å². The van der Waals surface area contributed by atoms with Crippen molar-refractivity contribution in [2.75, 3.05) is 0 Å². The third-order valence-corrected chi connectivity index (χ3v) is 5.50.